The van der Waals surface area contributed by atoms with Gasteiger partial charge in [-0.2, -0.15) is 8.78 Å². The van der Waals surface area contributed by atoms with Gasteiger partial charge in [0.25, 0.3) is 0 Å². The summed E-state index contributed by atoms with van der Waals surface area (Å²) in [6.45, 7) is 1.94. The minimum absolute atomic E-state index is 0.159. The van der Waals surface area contributed by atoms with Crippen LogP contribution in [0.25, 0.3) is 0 Å². The van der Waals surface area contributed by atoms with E-state index in [4.69, 9.17) is 9.79 Å². The minimum atomic E-state index is -5.72. The molecule has 0 spiro atoms. The van der Waals surface area contributed by atoms with Gasteiger partial charge in [-0.25, -0.2) is 4.39 Å². The van der Waals surface area contributed by atoms with Crippen molar-refractivity contribution in [1.29, 1.82) is 0 Å². The Morgan fingerprint density at radius 2 is 1.44 bits per heavy atom. The van der Waals surface area contributed by atoms with Gasteiger partial charge in [-0.3, -0.25) is 9.36 Å². The predicted octanol–water partition coefficient (Wildman–Crippen LogP) is 7.92. The number of benzene rings is 4. The molecule has 1 aliphatic carbocycles. The fourth-order valence-corrected chi connectivity index (χ4v) is 6.20. The monoisotopic (exact) mass is 578 g/mol. The summed E-state index contributed by atoms with van der Waals surface area (Å²) in [7, 11) is -5.72. The maximum Gasteiger partial charge on any atom is 0.399 e. The number of carbonyl (C=O) groups is 1. The van der Waals surface area contributed by atoms with E-state index in [1.807, 2.05) is 49.4 Å². The molecule has 4 nitrogen and oxygen atoms in total. The molecule has 0 heterocycles. The molecule has 1 saturated carbocycles. The van der Waals surface area contributed by atoms with Gasteiger partial charge in [0.05, 0.1) is 5.41 Å². The lowest BCUT2D eigenvalue weighted by molar-refractivity contribution is 0.0564. The van der Waals surface area contributed by atoms with Gasteiger partial charge < -0.3 is 9.79 Å². The maximum atomic E-state index is 14.5. The summed E-state index contributed by atoms with van der Waals surface area (Å²) in [4.78, 5) is 32.8. The zero-order valence-corrected chi connectivity index (χ0v) is 23.3. The van der Waals surface area contributed by atoms with Crippen LogP contribution in [0.3, 0.4) is 0 Å². The summed E-state index contributed by atoms with van der Waals surface area (Å²) < 4.78 is 53.9. The Labute approximate surface area is 237 Å². The number of alkyl halides is 2. The third-order valence-electron chi connectivity index (χ3n) is 8.08. The lowest BCUT2D eigenvalue weighted by atomic mass is 9.67. The summed E-state index contributed by atoms with van der Waals surface area (Å²) in [5, 5.41) is 0. The number of ketones is 1. The molecule has 0 radical (unpaired) electrons. The van der Waals surface area contributed by atoms with Crippen molar-refractivity contribution in [3.8, 4) is 0 Å². The van der Waals surface area contributed by atoms with Crippen molar-refractivity contribution in [2.24, 2.45) is 5.92 Å². The number of halogens is 3. The van der Waals surface area contributed by atoms with E-state index in [2.05, 4.69) is 12.1 Å². The van der Waals surface area contributed by atoms with Gasteiger partial charge in [-0.1, -0.05) is 84.4 Å². The number of hydrogen-bond acceptors (Lipinski definition) is 2. The van der Waals surface area contributed by atoms with Gasteiger partial charge in [-0.15, -0.1) is 0 Å². The van der Waals surface area contributed by atoms with Crippen LogP contribution >= 0.6 is 7.60 Å². The normalized spacial score (nSPS) is 18.5. The largest absolute Gasteiger partial charge is 0.399 e. The average Bonchev–Trinajstić information content (AvgIpc) is 3.72. The molecule has 1 aliphatic rings. The molecule has 0 amide bonds. The van der Waals surface area contributed by atoms with Crippen molar-refractivity contribution in [1.82, 2.24) is 0 Å². The Morgan fingerprint density at radius 1 is 0.854 bits per heavy atom. The van der Waals surface area contributed by atoms with E-state index < -0.39 is 30.1 Å². The Hall–Kier alpha value is -3.51. The van der Waals surface area contributed by atoms with Crippen LogP contribution in [0.15, 0.2) is 103 Å². The third kappa shape index (κ3) is 5.94. The molecule has 41 heavy (non-hydrogen) atoms. The Bertz CT molecular complexity index is 1570. The van der Waals surface area contributed by atoms with Crippen molar-refractivity contribution in [2.75, 3.05) is 0 Å². The van der Waals surface area contributed by atoms with Crippen LogP contribution < -0.4 is 0 Å². The van der Waals surface area contributed by atoms with E-state index in [-0.39, 0.29) is 24.0 Å². The SMILES string of the molecule is Cc1ccc(C(Cc2ccc(C(F)(F)P(=O)(O)O)cc2)(CC2CC2c2ccccc2)C(=O)c2ccc(F)cc2)cc1. The van der Waals surface area contributed by atoms with Gasteiger partial charge in [0.1, 0.15) is 5.82 Å². The molecule has 212 valence electrons. The first-order valence-corrected chi connectivity index (χ1v) is 15.0. The molecule has 2 N–H and O–H groups in total. The smallest absolute Gasteiger partial charge is 0.320 e. The molecule has 3 atom stereocenters. The van der Waals surface area contributed by atoms with Crippen molar-refractivity contribution < 1.29 is 32.3 Å². The highest BCUT2D eigenvalue weighted by molar-refractivity contribution is 7.52. The summed E-state index contributed by atoms with van der Waals surface area (Å²) >= 11 is 0. The number of Topliss-reactive ketones (excluding diaryl/α,β-unsaturated/α-hetero) is 1. The van der Waals surface area contributed by atoms with Crippen LogP contribution in [-0.2, 0) is 22.1 Å². The van der Waals surface area contributed by atoms with Crippen molar-refractivity contribution >= 4 is 13.4 Å². The first-order valence-electron chi connectivity index (χ1n) is 13.4. The van der Waals surface area contributed by atoms with Crippen LogP contribution in [0.2, 0.25) is 0 Å². The molecule has 0 bridgehead atoms. The molecule has 8 heteroatoms. The summed E-state index contributed by atoms with van der Waals surface area (Å²) in [5.74, 6) is -0.215. The van der Waals surface area contributed by atoms with Crippen LogP contribution in [-0.4, -0.2) is 15.6 Å². The molecule has 1 fully saturated rings. The number of carbonyl (C=O) groups excluding carboxylic acids is 1. The number of aryl methyl sites for hydroxylation is 1. The molecule has 5 rings (SSSR count). The quantitative estimate of drug-likeness (QED) is 0.148. The Morgan fingerprint density at radius 3 is 2.02 bits per heavy atom. The predicted molar refractivity (Wildman–Crippen MR) is 152 cm³/mol. The van der Waals surface area contributed by atoms with Gasteiger partial charge in [-0.05, 0) is 79.0 Å². The van der Waals surface area contributed by atoms with Gasteiger partial charge in [0, 0.05) is 11.1 Å². The van der Waals surface area contributed by atoms with Gasteiger partial charge in [0.15, 0.2) is 5.78 Å². The molecule has 4 aromatic rings. The summed E-state index contributed by atoms with van der Waals surface area (Å²) in [6, 6.07) is 27.9. The zero-order chi connectivity index (χ0) is 29.4. The van der Waals surface area contributed by atoms with Crippen LogP contribution in [0, 0.1) is 18.7 Å². The van der Waals surface area contributed by atoms with Crippen LogP contribution in [0.1, 0.15) is 56.9 Å². The number of hydrogen-bond donors (Lipinski definition) is 2. The fourth-order valence-electron chi connectivity index (χ4n) is 5.72. The van der Waals surface area contributed by atoms with E-state index >= 15 is 0 Å². The second-order valence-corrected chi connectivity index (χ2v) is 12.6. The molecule has 0 aliphatic heterocycles. The van der Waals surface area contributed by atoms with Crippen molar-refractivity contribution in [3.05, 3.63) is 142 Å². The highest BCUT2D eigenvalue weighted by Crippen LogP contribution is 2.59. The molecular formula is C33H30F3O4P. The Kier molecular flexibility index (Phi) is 7.82. The lowest BCUT2D eigenvalue weighted by Crippen LogP contribution is -2.39. The van der Waals surface area contributed by atoms with E-state index in [9.17, 15) is 22.5 Å². The van der Waals surface area contributed by atoms with Crippen LogP contribution in [0.4, 0.5) is 13.2 Å². The minimum Gasteiger partial charge on any atom is -0.320 e. The van der Waals surface area contributed by atoms with Gasteiger partial charge in [0.2, 0.25) is 0 Å². The van der Waals surface area contributed by atoms with Crippen LogP contribution in [0.5, 0.6) is 0 Å². The van der Waals surface area contributed by atoms with Crippen molar-refractivity contribution in [2.45, 2.75) is 43.2 Å². The third-order valence-corrected chi connectivity index (χ3v) is 9.07. The van der Waals surface area contributed by atoms with E-state index in [0.717, 1.165) is 29.7 Å². The van der Waals surface area contributed by atoms with Crippen molar-refractivity contribution in [3.63, 3.8) is 0 Å². The topological polar surface area (TPSA) is 74.6 Å². The van der Waals surface area contributed by atoms with Gasteiger partial charge >= 0.3 is 13.3 Å². The molecule has 0 aromatic heterocycles. The first-order chi connectivity index (χ1) is 19.4. The van der Waals surface area contributed by atoms with E-state index in [0.29, 0.717) is 17.5 Å². The zero-order valence-electron chi connectivity index (χ0n) is 22.4. The summed E-state index contributed by atoms with van der Waals surface area (Å²) in [6.07, 6.45) is 1.53. The molecule has 0 saturated heterocycles. The highest BCUT2D eigenvalue weighted by Gasteiger charge is 2.51. The van der Waals surface area contributed by atoms with E-state index in [1.165, 1.54) is 42.0 Å². The standard InChI is InChI=1S/C33H30F3O4P/c1-22-7-13-27(14-8-22)32(31(37)25-11-17-29(34)18-12-25,21-26-19-30(26)24-5-3-2-4-6-24)20-23-9-15-28(16-10-23)33(35,36)41(38,39)40/h2-18,26,30H,19-21H2,1H3,(H2,38,39,40). The first kappa shape index (κ1) is 29.0. The number of rotatable bonds is 10. The molecular weight excluding hydrogens is 548 g/mol. The second-order valence-electron chi connectivity index (χ2n) is 11.0. The van der Waals surface area contributed by atoms with E-state index in [1.54, 1.807) is 0 Å². The fraction of sp³-hybridized carbons (Fsp3) is 0.242. The average molecular weight is 579 g/mol. The molecule has 3 unspecified atom stereocenters. The summed E-state index contributed by atoms with van der Waals surface area (Å²) in [5.41, 5.74) is -2.37. The molecule has 4 aromatic carbocycles. The second kappa shape index (κ2) is 11.1. The maximum absolute atomic E-state index is 14.5. The Balaban J connectivity index is 1.59. The highest BCUT2D eigenvalue weighted by atomic mass is 31.2. The lowest BCUT2D eigenvalue weighted by Gasteiger charge is -2.34.